The van der Waals surface area contributed by atoms with Crippen molar-refractivity contribution >= 4 is 11.8 Å². The van der Waals surface area contributed by atoms with Gasteiger partial charge in [0.25, 0.3) is 5.91 Å². The van der Waals surface area contributed by atoms with E-state index in [9.17, 15) is 9.59 Å². The first-order chi connectivity index (χ1) is 9.58. The third kappa shape index (κ3) is 3.60. The van der Waals surface area contributed by atoms with Crippen molar-refractivity contribution in [3.05, 3.63) is 24.0 Å². The van der Waals surface area contributed by atoms with Gasteiger partial charge in [-0.25, -0.2) is 0 Å². The molecule has 0 saturated carbocycles. The molecule has 20 heavy (non-hydrogen) atoms. The average Bonchev–Trinajstić information content (AvgIpc) is 2.86. The molecule has 2 amide bonds. The van der Waals surface area contributed by atoms with E-state index >= 15 is 0 Å². The van der Waals surface area contributed by atoms with Crippen molar-refractivity contribution in [3.8, 4) is 0 Å². The molecule has 0 aliphatic carbocycles. The van der Waals surface area contributed by atoms with Crippen LogP contribution in [0, 0.1) is 0 Å². The second kappa shape index (κ2) is 6.56. The number of carbonyl (C=O) groups is 2. The SMILES string of the molecule is CC(C)OCCCNC(=O)C1Cn2cccc2C(=O)N1. The van der Waals surface area contributed by atoms with Crippen LogP contribution in [0.3, 0.4) is 0 Å². The summed E-state index contributed by atoms with van der Waals surface area (Å²) in [6.45, 7) is 5.60. The van der Waals surface area contributed by atoms with Crippen LogP contribution in [-0.2, 0) is 16.1 Å². The summed E-state index contributed by atoms with van der Waals surface area (Å²) in [6, 6.07) is 3.04. The summed E-state index contributed by atoms with van der Waals surface area (Å²) in [4.78, 5) is 23.8. The molecule has 1 unspecified atom stereocenters. The van der Waals surface area contributed by atoms with Gasteiger partial charge in [0, 0.05) is 19.3 Å². The Balaban J connectivity index is 1.76. The molecule has 2 rings (SSSR count). The van der Waals surface area contributed by atoms with Crippen molar-refractivity contribution in [2.24, 2.45) is 0 Å². The van der Waals surface area contributed by atoms with Gasteiger partial charge >= 0.3 is 0 Å². The molecule has 1 aliphatic heterocycles. The fourth-order valence-corrected chi connectivity index (χ4v) is 2.13. The summed E-state index contributed by atoms with van der Waals surface area (Å²) in [5.41, 5.74) is 0.597. The lowest BCUT2D eigenvalue weighted by Crippen LogP contribution is -2.52. The molecule has 2 heterocycles. The highest BCUT2D eigenvalue weighted by Gasteiger charge is 2.28. The second-order valence-electron chi connectivity index (χ2n) is 5.14. The molecule has 1 aromatic rings. The highest BCUT2D eigenvalue weighted by atomic mass is 16.5. The third-order valence-corrected chi connectivity index (χ3v) is 3.13. The molecule has 0 aromatic carbocycles. The number of rotatable bonds is 6. The van der Waals surface area contributed by atoms with Gasteiger partial charge in [0.2, 0.25) is 5.91 Å². The molecule has 0 saturated heterocycles. The summed E-state index contributed by atoms with van der Waals surface area (Å²) in [5.74, 6) is -0.355. The molecule has 0 radical (unpaired) electrons. The Morgan fingerprint density at radius 3 is 3.15 bits per heavy atom. The van der Waals surface area contributed by atoms with E-state index < -0.39 is 6.04 Å². The Labute approximate surface area is 118 Å². The van der Waals surface area contributed by atoms with Crippen LogP contribution in [0.2, 0.25) is 0 Å². The van der Waals surface area contributed by atoms with Crippen molar-refractivity contribution < 1.29 is 14.3 Å². The monoisotopic (exact) mass is 279 g/mol. The van der Waals surface area contributed by atoms with Gasteiger partial charge in [0.1, 0.15) is 11.7 Å². The van der Waals surface area contributed by atoms with E-state index in [1.165, 1.54) is 0 Å². The van der Waals surface area contributed by atoms with E-state index in [0.29, 0.717) is 25.4 Å². The lowest BCUT2D eigenvalue weighted by Gasteiger charge is -2.24. The molecular formula is C14H21N3O3. The number of aromatic nitrogens is 1. The maximum absolute atomic E-state index is 12.0. The quantitative estimate of drug-likeness (QED) is 0.746. The van der Waals surface area contributed by atoms with Crippen LogP contribution in [0.25, 0.3) is 0 Å². The zero-order valence-corrected chi connectivity index (χ0v) is 11.9. The maximum Gasteiger partial charge on any atom is 0.268 e. The highest BCUT2D eigenvalue weighted by Crippen LogP contribution is 2.09. The van der Waals surface area contributed by atoms with Gasteiger partial charge in [-0.3, -0.25) is 9.59 Å². The van der Waals surface area contributed by atoms with E-state index in [0.717, 1.165) is 6.42 Å². The average molecular weight is 279 g/mol. The summed E-state index contributed by atoms with van der Waals surface area (Å²) in [5, 5.41) is 5.54. The van der Waals surface area contributed by atoms with Crippen LogP contribution in [-0.4, -0.2) is 41.7 Å². The van der Waals surface area contributed by atoms with Crippen LogP contribution >= 0.6 is 0 Å². The summed E-state index contributed by atoms with van der Waals surface area (Å²) in [7, 11) is 0. The van der Waals surface area contributed by atoms with Crippen LogP contribution in [0.5, 0.6) is 0 Å². The van der Waals surface area contributed by atoms with E-state index in [1.54, 1.807) is 16.7 Å². The molecule has 0 bridgehead atoms. The summed E-state index contributed by atoms with van der Waals surface area (Å²) >= 11 is 0. The first-order valence-electron chi connectivity index (χ1n) is 6.93. The largest absolute Gasteiger partial charge is 0.379 e. The number of carbonyl (C=O) groups excluding carboxylic acids is 2. The van der Waals surface area contributed by atoms with Gasteiger partial charge in [-0.15, -0.1) is 0 Å². The van der Waals surface area contributed by atoms with Crippen molar-refractivity contribution in [1.82, 2.24) is 15.2 Å². The zero-order chi connectivity index (χ0) is 14.5. The lowest BCUT2D eigenvalue weighted by molar-refractivity contribution is -0.123. The number of amides is 2. The minimum atomic E-state index is -0.506. The number of fused-ring (bicyclic) bond motifs is 1. The van der Waals surface area contributed by atoms with Crippen molar-refractivity contribution in [1.29, 1.82) is 0 Å². The van der Waals surface area contributed by atoms with Gasteiger partial charge in [0.05, 0.1) is 12.6 Å². The van der Waals surface area contributed by atoms with E-state index in [2.05, 4.69) is 10.6 Å². The van der Waals surface area contributed by atoms with E-state index in [4.69, 9.17) is 4.74 Å². The Morgan fingerprint density at radius 1 is 1.60 bits per heavy atom. The maximum atomic E-state index is 12.0. The Hall–Kier alpha value is -1.82. The molecule has 0 spiro atoms. The standard InChI is InChI=1S/C14H21N3O3/c1-10(2)20-8-4-6-15-13(18)11-9-17-7-3-5-12(17)14(19)16-11/h3,5,7,10-11H,4,6,8-9H2,1-2H3,(H,15,18)(H,16,19). The van der Waals surface area contributed by atoms with Crippen LogP contribution < -0.4 is 10.6 Å². The predicted molar refractivity (Wildman–Crippen MR) is 74.4 cm³/mol. The fraction of sp³-hybridized carbons (Fsp3) is 0.571. The van der Waals surface area contributed by atoms with Crippen molar-refractivity contribution in [3.63, 3.8) is 0 Å². The minimum Gasteiger partial charge on any atom is -0.379 e. The fourth-order valence-electron chi connectivity index (χ4n) is 2.13. The Kier molecular flexibility index (Phi) is 4.79. The number of hydrogen-bond acceptors (Lipinski definition) is 3. The van der Waals surface area contributed by atoms with Gasteiger partial charge in [-0.2, -0.15) is 0 Å². The smallest absolute Gasteiger partial charge is 0.268 e. The topological polar surface area (TPSA) is 72.4 Å². The van der Waals surface area contributed by atoms with Crippen LogP contribution in [0.4, 0.5) is 0 Å². The number of ether oxygens (including phenoxy) is 1. The minimum absolute atomic E-state index is 0.151. The van der Waals surface area contributed by atoms with E-state index in [-0.39, 0.29) is 17.9 Å². The summed E-state index contributed by atoms with van der Waals surface area (Å²) < 4.78 is 7.19. The van der Waals surface area contributed by atoms with Gasteiger partial charge in [0.15, 0.2) is 0 Å². The molecule has 0 fully saturated rings. The number of nitrogens with zero attached hydrogens (tertiary/aromatic N) is 1. The van der Waals surface area contributed by atoms with Gasteiger partial charge in [-0.1, -0.05) is 0 Å². The zero-order valence-electron chi connectivity index (χ0n) is 11.9. The number of nitrogens with one attached hydrogen (secondary N) is 2. The first kappa shape index (κ1) is 14.6. The molecule has 6 nitrogen and oxygen atoms in total. The Morgan fingerprint density at radius 2 is 2.40 bits per heavy atom. The van der Waals surface area contributed by atoms with Crippen LogP contribution in [0.15, 0.2) is 18.3 Å². The predicted octanol–water partition coefficient (Wildman–Crippen LogP) is 0.531. The lowest BCUT2D eigenvalue weighted by atomic mass is 10.2. The molecule has 6 heteroatoms. The first-order valence-corrected chi connectivity index (χ1v) is 6.93. The van der Waals surface area contributed by atoms with Crippen LogP contribution in [0.1, 0.15) is 30.8 Å². The molecule has 110 valence electrons. The molecular weight excluding hydrogens is 258 g/mol. The third-order valence-electron chi connectivity index (χ3n) is 3.13. The van der Waals surface area contributed by atoms with Gasteiger partial charge < -0.3 is 19.9 Å². The van der Waals surface area contributed by atoms with Crippen molar-refractivity contribution in [2.45, 2.75) is 39.0 Å². The molecule has 1 aliphatic rings. The van der Waals surface area contributed by atoms with Gasteiger partial charge in [-0.05, 0) is 32.4 Å². The molecule has 2 N–H and O–H groups in total. The van der Waals surface area contributed by atoms with E-state index in [1.807, 2.05) is 20.0 Å². The molecule has 1 atom stereocenters. The Bertz CT molecular complexity index is 482. The second-order valence-corrected chi connectivity index (χ2v) is 5.14. The normalized spacial score (nSPS) is 17.8. The highest BCUT2D eigenvalue weighted by molar-refractivity contribution is 5.97. The summed E-state index contributed by atoms with van der Waals surface area (Å²) in [6.07, 6.45) is 2.78. The molecule has 1 aromatic heterocycles. The number of hydrogen-bond donors (Lipinski definition) is 2. The van der Waals surface area contributed by atoms with Crippen molar-refractivity contribution in [2.75, 3.05) is 13.2 Å².